The third-order valence-corrected chi connectivity index (χ3v) is 3.68. The summed E-state index contributed by atoms with van der Waals surface area (Å²) in [5.41, 5.74) is 0.447. The van der Waals surface area contributed by atoms with Gasteiger partial charge in [-0.25, -0.2) is 0 Å². The number of alkyl halides is 1. The van der Waals surface area contributed by atoms with Crippen LogP contribution < -0.4 is 10.6 Å². The van der Waals surface area contributed by atoms with E-state index in [1.54, 1.807) is 0 Å². The summed E-state index contributed by atoms with van der Waals surface area (Å²) >= 11 is 0. The van der Waals surface area contributed by atoms with Crippen molar-refractivity contribution in [1.82, 2.24) is 10.6 Å². The predicted octanol–water partition coefficient (Wildman–Crippen LogP) is 2.48. The zero-order valence-corrected chi connectivity index (χ0v) is 11.2. The van der Waals surface area contributed by atoms with Crippen LogP contribution in [0.3, 0.4) is 0 Å². The fourth-order valence-electron chi connectivity index (χ4n) is 2.16. The summed E-state index contributed by atoms with van der Waals surface area (Å²) in [5, 5.41) is 6.37. The maximum Gasteiger partial charge on any atom is 0.191 e. The first kappa shape index (κ1) is 14.3. The van der Waals surface area contributed by atoms with E-state index in [-0.39, 0.29) is 6.67 Å². The zero-order valence-electron chi connectivity index (χ0n) is 11.2. The van der Waals surface area contributed by atoms with Crippen LogP contribution in [-0.4, -0.2) is 32.3 Å². The Labute approximate surface area is 104 Å². The molecule has 0 radical (unpaired) electrons. The molecule has 1 rings (SSSR count). The minimum absolute atomic E-state index is 0.273. The molecule has 1 fully saturated rings. The molecular formula is C13H26FN3. The number of guanidine groups is 1. The predicted molar refractivity (Wildman–Crippen MR) is 71.1 cm³/mol. The number of hydrogen-bond donors (Lipinski definition) is 2. The van der Waals surface area contributed by atoms with Gasteiger partial charge in [-0.05, 0) is 38.0 Å². The van der Waals surface area contributed by atoms with Crippen LogP contribution in [0, 0.1) is 5.41 Å². The number of nitrogens with zero attached hydrogens (tertiary/aromatic N) is 1. The highest BCUT2D eigenvalue weighted by molar-refractivity contribution is 5.79. The monoisotopic (exact) mass is 243 g/mol. The molecule has 0 spiro atoms. The Morgan fingerprint density at radius 1 is 1.29 bits per heavy atom. The van der Waals surface area contributed by atoms with Crippen LogP contribution in [0.15, 0.2) is 4.99 Å². The molecule has 2 N–H and O–H groups in total. The smallest absolute Gasteiger partial charge is 0.191 e. The van der Waals surface area contributed by atoms with Gasteiger partial charge in [-0.15, -0.1) is 0 Å². The molecule has 0 aromatic carbocycles. The first-order chi connectivity index (χ1) is 8.26. The second kappa shape index (κ2) is 7.51. The number of rotatable bonds is 7. The van der Waals surface area contributed by atoms with E-state index in [1.807, 2.05) is 6.92 Å². The van der Waals surface area contributed by atoms with E-state index < -0.39 is 0 Å². The van der Waals surface area contributed by atoms with E-state index in [0.717, 1.165) is 19.0 Å². The second-order valence-corrected chi connectivity index (χ2v) is 4.87. The van der Waals surface area contributed by atoms with Gasteiger partial charge in [0.1, 0.15) is 0 Å². The van der Waals surface area contributed by atoms with Crippen molar-refractivity contribution in [3.8, 4) is 0 Å². The molecule has 0 bridgehead atoms. The molecule has 0 saturated heterocycles. The fraction of sp³-hybridized carbons (Fsp3) is 0.923. The van der Waals surface area contributed by atoms with Crippen LogP contribution in [0.25, 0.3) is 0 Å². The van der Waals surface area contributed by atoms with Crippen molar-refractivity contribution in [2.75, 3.05) is 26.3 Å². The molecule has 100 valence electrons. The summed E-state index contributed by atoms with van der Waals surface area (Å²) in [4.78, 5) is 4.62. The highest BCUT2D eigenvalue weighted by atomic mass is 19.1. The van der Waals surface area contributed by atoms with Gasteiger partial charge in [-0.1, -0.05) is 13.3 Å². The maximum absolute atomic E-state index is 12.0. The van der Waals surface area contributed by atoms with E-state index in [9.17, 15) is 4.39 Å². The van der Waals surface area contributed by atoms with Crippen molar-refractivity contribution in [3.05, 3.63) is 0 Å². The Balaban J connectivity index is 2.39. The van der Waals surface area contributed by atoms with Crippen molar-refractivity contribution >= 4 is 5.96 Å². The van der Waals surface area contributed by atoms with E-state index in [4.69, 9.17) is 0 Å². The minimum atomic E-state index is -0.273. The molecule has 0 amide bonds. The summed E-state index contributed by atoms with van der Waals surface area (Å²) in [6.45, 7) is 6.42. The lowest BCUT2D eigenvalue weighted by atomic mass is 9.67. The Bertz CT molecular complexity index is 231. The van der Waals surface area contributed by atoms with Gasteiger partial charge in [0.25, 0.3) is 0 Å². The molecule has 0 aromatic heterocycles. The molecule has 1 saturated carbocycles. The maximum atomic E-state index is 12.0. The molecule has 3 nitrogen and oxygen atoms in total. The van der Waals surface area contributed by atoms with Gasteiger partial charge in [-0.3, -0.25) is 9.38 Å². The highest BCUT2D eigenvalue weighted by Gasteiger charge is 2.34. The first-order valence-electron chi connectivity index (χ1n) is 6.84. The fourth-order valence-corrected chi connectivity index (χ4v) is 2.16. The molecule has 4 heteroatoms. The van der Waals surface area contributed by atoms with Gasteiger partial charge in [0.15, 0.2) is 5.96 Å². The SMILES string of the molecule is CCNC(=NCC1(CC)CCC1)NCCCF. The minimum Gasteiger partial charge on any atom is -0.357 e. The molecule has 1 aliphatic carbocycles. The summed E-state index contributed by atoms with van der Waals surface area (Å²) in [6, 6.07) is 0. The van der Waals surface area contributed by atoms with Gasteiger partial charge in [-0.2, -0.15) is 0 Å². The summed E-state index contributed by atoms with van der Waals surface area (Å²) < 4.78 is 12.0. The van der Waals surface area contributed by atoms with Crippen molar-refractivity contribution in [2.24, 2.45) is 10.4 Å². The molecule has 0 heterocycles. The van der Waals surface area contributed by atoms with Crippen LogP contribution in [0.4, 0.5) is 4.39 Å². The van der Waals surface area contributed by atoms with E-state index >= 15 is 0 Å². The summed E-state index contributed by atoms with van der Waals surface area (Å²) in [7, 11) is 0. The molecule has 0 atom stereocenters. The lowest BCUT2D eigenvalue weighted by Gasteiger charge is -2.40. The third kappa shape index (κ3) is 4.52. The van der Waals surface area contributed by atoms with Gasteiger partial charge < -0.3 is 10.6 Å². The highest BCUT2D eigenvalue weighted by Crippen LogP contribution is 2.43. The van der Waals surface area contributed by atoms with E-state index in [1.165, 1.54) is 25.7 Å². The van der Waals surface area contributed by atoms with Gasteiger partial charge in [0.05, 0.1) is 6.67 Å². The molecule has 17 heavy (non-hydrogen) atoms. The van der Waals surface area contributed by atoms with Crippen LogP contribution >= 0.6 is 0 Å². The standard InChI is InChI=1S/C13H26FN3/c1-3-13(7-5-8-13)11-17-12(15-4-2)16-10-6-9-14/h3-11H2,1-2H3,(H2,15,16,17). The molecule has 0 aliphatic heterocycles. The van der Waals surface area contributed by atoms with Gasteiger partial charge in [0, 0.05) is 19.6 Å². The van der Waals surface area contributed by atoms with Crippen LogP contribution in [0.5, 0.6) is 0 Å². The third-order valence-electron chi connectivity index (χ3n) is 3.68. The molecule has 0 unspecified atom stereocenters. The molecule has 1 aliphatic rings. The lowest BCUT2D eigenvalue weighted by molar-refractivity contribution is 0.139. The van der Waals surface area contributed by atoms with Gasteiger partial charge in [0.2, 0.25) is 0 Å². The Hall–Kier alpha value is -0.800. The number of nitrogens with one attached hydrogen (secondary N) is 2. The Morgan fingerprint density at radius 2 is 2.06 bits per heavy atom. The first-order valence-corrected chi connectivity index (χ1v) is 6.84. The number of hydrogen-bond acceptors (Lipinski definition) is 1. The summed E-state index contributed by atoms with van der Waals surface area (Å²) in [5.74, 6) is 0.834. The average Bonchev–Trinajstić information content (AvgIpc) is 2.28. The van der Waals surface area contributed by atoms with Crippen molar-refractivity contribution in [3.63, 3.8) is 0 Å². The topological polar surface area (TPSA) is 36.4 Å². The second-order valence-electron chi connectivity index (χ2n) is 4.87. The van der Waals surface area contributed by atoms with Crippen molar-refractivity contribution < 1.29 is 4.39 Å². The van der Waals surface area contributed by atoms with Crippen LogP contribution in [-0.2, 0) is 0 Å². The zero-order chi connectivity index (χ0) is 12.6. The Morgan fingerprint density at radius 3 is 2.53 bits per heavy atom. The quantitative estimate of drug-likeness (QED) is 0.409. The van der Waals surface area contributed by atoms with Crippen LogP contribution in [0.2, 0.25) is 0 Å². The van der Waals surface area contributed by atoms with Crippen LogP contribution in [0.1, 0.15) is 46.0 Å². The van der Waals surface area contributed by atoms with Gasteiger partial charge >= 0.3 is 0 Å². The normalized spacial score (nSPS) is 18.6. The number of aliphatic imine (C=N–C) groups is 1. The Kier molecular flexibility index (Phi) is 6.30. The molecule has 0 aromatic rings. The van der Waals surface area contributed by atoms with Crippen molar-refractivity contribution in [2.45, 2.75) is 46.0 Å². The van der Waals surface area contributed by atoms with E-state index in [0.29, 0.717) is 18.4 Å². The van der Waals surface area contributed by atoms with Crippen molar-refractivity contribution in [1.29, 1.82) is 0 Å². The average molecular weight is 243 g/mol. The summed E-state index contributed by atoms with van der Waals surface area (Å²) in [6.07, 6.45) is 5.70. The number of halogens is 1. The lowest BCUT2D eigenvalue weighted by Crippen LogP contribution is -2.40. The largest absolute Gasteiger partial charge is 0.357 e. The van der Waals surface area contributed by atoms with E-state index in [2.05, 4.69) is 22.5 Å². The molecular weight excluding hydrogens is 217 g/mol.